The third-order valence-electron chi connectivity index (χ3n) is 11.6. The highest BCUT2D eigenvalue weighted by molar-refractivity contribution is 7.00. The van der Waals surface area contributed by atoms with Crippen LogP contribution in [-0.2, 0) is 0 Å². The molecule has 3 nitrogen and oxygen atoms in total. The minimum Gasteiger partial charge on any atom is -0.311 e. The molecule has 0 radical (unpaired) electrons. The average Bonchev–Trinajstić information content (AvgIpc) is 3.30. The second-order valence-corrected chi connectivity index (χ2v) is 14.9. The summed E-state index contributed by atoms with van der Waals surface area (Å²) in [7, 11) is 0. The summed E-state index contributed by atoms with van der Waals surface area (Å²) in [5.74, 6) is 0. The van der Waals surface area contributed by atoms with Crippen molar-refractivity contribution in [2.45, 2.75) is 0 Å². The number of rotatable bonds is 7. The lowest BCUT2D eigenvalue weighted by Gasteiger charge is -2.45. The maximum absolute atomic E-state index is 2.55. The van der Waals surface area contributed by atoms with Crippen molar-refractivity contribution in [1.82, 2.24) is 0 Å². The summed E-state index contributed by atoms with van der Waals surface area (Å²) >= 11 is 0. The van der Waals surface area contributed by atoms with Gasteiger partial charge in [-0.2, -0.15) is 0 Å². The summed E-state index contributed by atoms with van der Waals surface area (Å²) in [5.41, 5.74) is 19.0. The largest absolute Gasteiger partial charge is 0.311 e. The molecule has 0 unspecified atom stereocenters. The zero-order chi connectivity index (χ0) is 38.4. The second-order valence-electron chi connectivity index (χ2n) is 14.9. The Morgan fingerprint density at radius 3 is 1.48 bits per heavy atom. The van der Waals surface area contributed by atoms with Crippen molar-refractivity contribution in [3.63, 3.8) is 0 Å². The Bertz CT molecular complexity index is 2860. The number of fused-ring (bicyclic) bond motifs is 4. The van der Waals surface area contributed by atoms with Crippen LogP contribution in [0.25, 0.3) is 22.3 Å². The van der Waals surface area contributed by atoms with Crippen LogP contribution in [0.5, 0.6) is 0 Å². The fourth-order valence-corrected chi connectivity index (χ4v) is 9.20. The van der Waals surface area contributed by atoms with Crippen molar-refractivity contribution in [2.24, 2.45) is 0 Å². The molecule has 0 saturated heterocycles. The van der Waals surface area contributed by atoms with Gasteiger partial charge in [-0.1, -0.05) is 164 Å². The normalized spacial score (nSPS) is 12.4. The predicted molar refractivity (Wildman–Crippen MR) is 246 cm³/mol. The molecule has 9 aromatic rings. The number of hydrogen-bond donors (Lipinski definition) is 0. The highest BCUT2D eigenvalue weighted by Crippen LogP contribution is 2.49. The molecule has 2 aliphatic rings. The first-order chi connectivity index (χ1) is 28.8. The first-order valence-corrected chi connectivity index (χ1v) is 20.0. The summed E-state index contributed by atoms with van der Waals surface area (Å²) < 4.78 is 0. The quantitative estimate of drug-likeness (QED) is 0.151. The van der Waals surface area contributed by atoms with E-state index in [1.807, 2.05) is 0 Å². The first-order valence-electron chi connectivity index (χ1n) is 20.0. The van der Waals surface area contributed by atoms with E-state index in [9.17, 15) is 0 Å². The topological polar surface area (TPSA) is 9.72 Å². The molecular formula is C54H38BN3. The highest BCUT2D eigenvalue weighted by atomic mass is 15.2. The molecule has 272 valence electrons. The van der Waals surface area contributed by atoms with Gasteiger partial charge in [0.1, 0.15) is 0 Å². The molecule has 2 heterocycles. The van der Waals surface area contributed by atoms with Crippen molar-refractivity contribution in [3.8, 4) is 22.3 Å². The fourth-order valence-electron chi connectivity index (χ4n) is 9.20. The number of benzene rings is 9. The van der Waals surface area contributed by atoms with Crippen LogP contribution < -0.4 is 31.1 Å². The summed E-state index contributed by atoms with van der Waals surface area (Å²) in [5, 5.41) is 0. The molecule has 0 amide bonds. The Balaban J connectivity index is 1.21. The van der Waals surface area contributed by atoms with E-state index in [2.05, 4.69) is 245 Å². The van der Waals surface area contributed by atoms with Crippen LogP contribution in [0.3, 0.4) is 0 Å². The zero-order valence-corrected chi connectivity index (χ0v) is 31.9. The van der Waals surface area contributed by atoms with Crippen molar-refractivity contribution in [2.75, 3.05) is 14.7 Å². The van der Waals surface area contributed by atoms with E-state index in [0.717, 1.165) is 28.4 Å². The van der Waals surface area contributed by atoms with E-state index >= 15 is 0 Å². The van der Waals surface area contributed by atoms with Crippen molar-refractivity contribution < 1.29 is 0 Å². The van der Waals surface area contributed by atoms with E-state index in [4.69, 9.17) is 0 Å². The van der Waals surface area contributed by atoms with Crippen LogP contribution in [0, 0.1) is 0 Å². The molecule has 9 aromatic carbocycles. The maximum Gasteiger partial charge on any atom is 0.252 e. The van der Waals surface area contributed by atoms with Gasteiger partial charge in [-0.25, -0.2) is 0 Å². The van der Waals surface area contributed by atoms with Gasteiger partial charge in [0.25, 0.3) is 6.71 Å². The van der Waals surface area contributed by atoms with Crippen molar-refractivity contribution in [3.05, 3.63) is 231 Å². The van der Waals surface area contributed by atoms with Gasteiger partial charge in [-0.05, 0) is 94.2 Å². The van der Waals surface area contributed by atoms with Gasteiger partial charge in [0.2, 0.25) is 0 Å². The van der Waals surface area contributed by atoms with Crippen LogP contribution in [0.1, 0.15) is 0 Å². The van der Waals surface area contributed by atoms with Gasteiger partial charge in [0.15, 0.2) is 0 Å². The van der Waals surface area contributed by atoms with Crippen LogP contribution in [0.2, 0.25) is 0 Å². The Morgan fingerprint density at radius 1 is 0.328 bits per heavy atom. The predicted octanol–water partition coefficient (Wildman–Crippen LogP) is 12.6. The number of nitrogens with zero attached hydrogens (tertiary/aromatic N) is 3. The van der Waals surface area contributed by atoms with Gasteiger partial charge in [0, 0.05) is 56.6 Å². The number of para-hydroxylation sites is 5. The van der Waals surface area contributed by atoms with Gasteiger partial charge >= 0.3 is 0 Å². The molecule has 11 rings (SSSR count). The molecular weight excluding hydrogens is 701 g/mol. The third-order valence-corrected chi connectivity index (χ3v) is 11.6. The van der Waals surface area contributed by atoms with E-state index < -0.39 is 0 Å². The molecule has 0 spiro atoms. The molecule has 0 atom stereocenters. The Morgan fingerprint density at radius 2 is 0.828 bits per heavy atom. The fraction of sp³-hybridized carbons (Fsp3) is 0. The third kappa shape index (κ3) is 5.53. The van der Waals surface area contributed by atoms with E-state index in [1.54, 1.807) is 0 Å². The molecule has 4 heteroatoms. The lowest BCUT2D eigenvalue weighted by molar-refractivity contribution is 1.24. The second kappa shape index (κ2) is 14.2. The Kier molecular flexibility index (Phi) is 8.26. The molecule has 2 aliphatic heterocycles. The van der Waals surface area contributed by atoms with Gasteiger partial charge in [-0.3, -0.25) is 0 Å². The summed E-state index contributed by atoms with van der Waals surface area (Å²) in [4.78, 5) is 7.39. The highest BCUT2D eigenvalue weighted by Gasteiger charge is 2.44. The van der Waals surface area contributed by atoms with Gasteiger partial charge in [-0.15, -0.1) is 0 Å². The lowest BCUT2D eigenvalue weighted by atomic mass is 9.33. The van der Waals surface area contributed by atoms with Crippen LogP contribution >= 0.6 is 0 Å². The smallest absolute Gasteiger partial charge is 0.252 e. The Labute approximate surface area is 340 Å². The molecule has 0 aromatic heterocycles. The van der Waals surface area contributed by atoms with Gasteiger partial charge < -0.3 is 14.7 Å². The van der Waals surface area contributed by atoms with Gasteiger partial charge in [0.05, 0.1) is 5.69 Å². The number of hydrogen-bond acceptors (Lipinski definition) is 3. The monoisotopic (exact) mass is 739 g/mol. The SMILES string of the molecule is c1ccc(-c2ccccc2N2c3cccc4c3B(c3ccc(N(c5ccccc5)c5ccccc5)cc3N4c3ccccc3)c3cccc(-c4ccccc4)c32)cc1. The van der Waals surface area contributed by atoms with Crippen LogP contribution in [0.4, 0.5) is 51.2 Å². The standard InChI is InChI=1S/C54H38BN3/c1-6-20-39(21-7-1)45-30-16-17-33-49(45)58-51-35-19-34-50-53(51)55(48-32-18-31-46(54(48)58)40-22-8-2-9-23-40)47-37-36-44(38-52(47)57(50)43-28-14-5-15-29-43)56(41-24-10-3-11-25-41)42-26-12-4-13-27-42/h1-38H. The van der Waals surface area contributed by atoms with E-state index in [-0.39, 0.29) is 6.71 Å². The van der Waals surface area contributed by atoms with Crippen molar-refractivity contribution in [1.29, 1.82) is 0 Å². The van der Waals surface area contributed by atoms with E-state index in [1.165, 1.54) is 61.4 Å². The molecule has 0 bridgehead atoms. The molecule has 58 heavy (non-hydrogen) atoms. The minimum atomic E-state index is -0.0177. The molecule has 0 aliphatic carbocycles. The zero-order valence-electron chi connectivity index (χ0n) is 31.9. The summed E-state index contributed by atoms with van der Waals surface area (Å²) in [6.45, 7) is -0.0177. The molecule has 0 fully saturated rings. The van der Waals surface area contributed by atoms with Crippen LogP contribution in [0.15, 0.2) is 231 Å². The molecule has 0 saturated carbocycles. The summed E-state index contributed by atoms with van der Waals surface area (Å²) in [6, 6.07) is 83.6. The van der Waals surface area contributed by atoms with E-state index in [0.29, 0.717) is 0 Å². The van der Waals surface area contributed by atoms with Crippen LogP contribution in [-0.4, -0.2) is 6.71 Å². The minimum absolute atomic E-state index is 0.0177. The first kappa shape index (κ1) is 33.8. The molecule has 0 N–H and O–H groups in total. The lowest BCUT2D eigenvalue weighted by Crippen LogP contribution is -2.61. The number of anilines is 9. The summed E-state index contributed by atoms with van der Waals surface area (Å²) in [6.07, 6.45) is 0. The maximum atomic E-state index is 2.55. The average molecular weight is 740 g/mol. The Hall–Kier alpha value is -7.56. The van der Waals surface area contributed by atoms with Crippen molar-refractivity contribution >= 4 is 74.3 Å².